The molecule has 1 atom stereocenters. The van der Waals surface area contributed by atoms with Crippen LogP contribution in [0.25, 0.3) is 17.5 Å². The molecule has 6 rings (SSSR count). The number of hydrogen-bond donors (Lipinski definition) is 0. The van der Waals surface area contributed by atoms with Gasteiger partial charge in [-0.25, -0.2) is 9.79 Å². The highest BCUT2D eigenvalue weighted by Crippen LogP contribution is 2.35. The zero-order chi connectivity index (χ0) is 30.2. The minimum absolute atomic E-state index is 0.192. The van der Waals surface area contributed by atoms with Crippen molar-refractivity contribution in [3.8, 4) is 5.69 Å². The van der Waals surface area contributed by atoms with Gasteiger partial charge in [0.15, 0.2) is 4.80 Å². The molecule has 7 heteroatoms. The SMILES string of the molecule is CCOC(=O)C1=C(c2ccccc2)N=c2s/c(=C/c3cc(C)n(-c4ccc(C)c(C)c4)c3C)c(=O)n2[C@@H]1c1ccccc1. The number of fused-ring (bicyclic) bond motifs is 1. The summed E-state index contributed by atoms with van der Waals surface area (Å²) in [4.78, 5) is 33.3. The molecule has 3 heterocycles. The molecule has 216 valence electrons. The van der Waals surface area contributed by atoms with E-state index in [1.165, 1.54) is 22.5 Å². The van der Waals surface area contributed by atoms with Gasteiger partial charge in [0.2, 0.25) is 0 Å². The molecule has 0 radical (unpaired) electrons. The molecule has 3 aromatic carbocycles. The van der Waals surface area contributed by atoms with Crippen LogP contribution < -0.4 is 14.9 Å². The molecular weight excluding hydrogens is 554 g/mol. The Morgan fingerprint density at radius 2 is 1.63 bits per heavy atom. The number of carbonyl (C=O) groups excluding carboxylic acids is 1. The molecule has 2 aromatic heterocycles. The molecule has 43 heavy (non-hydrogen) atoms. The lowest BCUT2D eigenvalue weighted by molar-refractivity contribution is -0.138. The Morgan fingerprint density at radius 3 is 2.30 bits per heavy atom. The van der Waals surface area contributed by atoms with E-state index in [0.29, 0.717) is 20.6 Å². The van der Waals surface area contributed by atoms with Crippen molar-refractivity contribution < 1.29 is 9.53 Å². The summed E-state index contributed by atoms with van der Waals surface area (Å²) in [7, 11) is 0. The molecule has 6 nitrogen and oxygen atoms in total. The van der Waals surface area contributed by atoms with Gasteiger partial charge < -0.3 is 9.30 Å². The number of hydrogen-bond acceptors (Lipinski definition) is 5. The standard InChI is InChI=1S/C36H33N3O3S/c1-6-42-35(41)31-32(26-13-9-7-10-14-26)37-36-39(33(31)27-15-11-8-12-16-27)34(40)30(43-36)21-28-20-24(4)38(25(28)5)29-18-17-22(2)23(3)19-29/h7-21,33H,6H2,1-5H3/b30-21+/t33-/m1/s1. The molecule has 0 unspecified atom stereocenters. The summed E-state index contributed by atoms with van der Waals surface area (Å²) in [6.45, 7) is 10.4. The summed E-state index contributed by atoms with van der Waals surface area (Å²) < 4.78 is 9.97. The fraction of sp³-hybridized carbons (Fsp3) is 0.194. The van der Waals surface area contributed by atoms with Gasteiger partial charge in [0.1, 0.15) is 0 Å². The molecule has 0 bridgehead atoms. The molecule has 1 aliphatic heterocycles. The van der Waals surface area contributed by atoms with Crippen molar-refractivity contribution in [3.63, 3.8) is 0 Å². The van der Waals surface area contributed by atoms with E-state index in [4.69, 9.17) is 9.73 Å². The van der Waals surface area contributed by atoms with Gasteiger partial charge in [-0.3, -0.25) is 9.36 Å². The summed E-state index contributed by atoms with van der Waals surface area (Å²) in [5.74, 6) is -0.481. The summed E-state index contributed by atoms with van der Waals surface area (Å²) in [6, 6.07) is 27.1. The predicted molar refractivity (Wildman–Crippen MR) is 172 cm³/mol. The minimum Gasteiger partial charge on any atom is -0.463 e. The third kappa shape index (κ3) is 5.10. The molecule has 5 aromatic rings. The quantitative estimate of drug-likeness (QED) is 0.230. The maximum absolute atomic E-state index is 14.2. The average molecular weight is 588 g/mol. The number of benzene rings is 3. The van der Waals surface area contributed by atoms with Crippen LogP contribution in [0.2, 0.25) is 0 Å². The van der Waals surface area contributed by atoms with Crippen molar-refractivity contribution in [3.05, 3.63) is 149 Å². The number of aromatic nitrogens is 2. The van der Waals surface area contributed by atoms with Gasteiger partial charge >= 0.3 is 5.97 Å². The first-order chi connectivity index (χ1) is 20.8. The Kier molecular flexibility index (Phi) is 7.59. The second kappa shape index (κ2) is 11.5. The number of nitrogens with zero attached hydrogens (tertiary/aromatic N) is 3. The third-order valence-corrected chi connectivity index (χ3v) is 8.98. The maximum atomic E-state index is 14.2. The average Bonchev–Trinajstić information content (AvgIpc) is 3.48. The van der Waals surface area contributed by atoms with Crippen LogP contribution in [0.4, 0.5) is 0 Å². The fourth-order valence-electron chi connectivity index (χ4n) is 5.73. The van der Waals surface area contributed by atoms with Crippen LogP contribution in [-0.4, -0.2) is 21.7 Å². The highest BCUT2D eigenvalue weighted by molar-refractivity contribution is 7.07. The van der Waals surface area contributed by atoms with Crippen molar-refractivity contribution in [2.75, 3.05) is 6.61 Å². The molecular formula is C36H33N3O3S. The smallest absolute Gasteiger partial charge is 0.338 e. The monoisotopic (exact) mass is 587 g/mol. The van der Waals surface area contributed by atoms with Gasteiger partial charge in [0.25, 0.3) is 5.56 Å². The molecule has 0 fully saturated rings. The highest BCUT2D eigenvalue weighted by atomic mass is 32.1. The first kappa shape index (κ1) is 28.4. The Labute approximate surface area is 254 Å². The molecule has 1 aliphatic rings. The van der Waals surface area contributed by atoms with Crippen molar-refractivity contribution in [1.82, 2.24) is 9.13 Å². The van der Waals surface area contributed by atoms with Gasteiger partial charge in [-0.05, 0) is 81.1 Å². The lowest BCUT2D eigenvalue weighted by atomic mass is 9.93. The fourth-order valence-corrected chi connectivity index (χ4v) is 6.72. The maximum Gasteiger partial charge on any atom is 0.338 e. The van der Waals surface area contributed by atoms with E-state index >= 15 is 0 Å². The normalized spacial score (nSPS) is 14.9. The van der Waals surface area contributed by atoms with Crippen molar-refractivity contribution in [1.29, 1.82) is 0 Å². The molecule has 0 amide bonds. The Bertz CT molecular complexity index is 2070. The number of rotatable bonds is 6. The zero-order valence-corrected chi connectivity index (χ0v) is 25.7. The van der Waals surface area contributed by atoms with Gasteiger partial charge in [-0.1, -0.05) is 78.1 Å². The molecule has 0 aliphatic carbocycles. The lowest BCUT2D eigenvalue weighted by Gasteiger charge is -2.25. The van der Waals surface area contributed by atoms with Crippen LogP contribution in [-0.2, 0) is 9.53 Å². The first-order valence-electron chi connectivity index (χ1n) is 14.4. The molecule has 0 saturated heterocycles. The summed E-state index contributed by atoms with van der Waals surface area (Å²) >= 11 is 1.34. The van der Waals surface area contributed by atoms with E-state index in [1.807, 2.05) is 66.7 Å². The Hall–Kier alpha value is -4.75. The molecule has 0 N–H and O–H groups in total. The molecule has 0 spiro atoms. The largest absolute Gasteiger partial charge is 0.463 e. The number of ether oxygens (including phenoxy) is 1. The van der Waals surface area contributed by atoms with Crippen LogP contribution in [0.15, 0.2) is 100 Å². The number of esters is 1. The number of carbonyl (C=O) groups is 1. The van der Waals surface area contributed by atoms with Gasteiger partial charge in [0, 0.05) is 22.6 Å². The predicted octanol–water partition coefficient (Wildman–Crippen LogP) is 5.96. The van der Waals surface area contributed by atoms with Crippen molar-refractivity contribution >= 4 is 29.1 Å². The number of aryl methyl sites for hydroxylation is 3. The van der Waals surface area contributed by atoms with Crippen LogP contribution >= 0.6 is 11.3 Å². The van der Waals surface area contributed by atoms with Crippen LogP contribution in [0.5, 0.6) is 0 Å². The van der Waals surface area contributed by atoms with Crippen molar-refractivity contribution in [2.45, 2.75) is 40.7 Å². The van der Waals surface area contributed by atoms with E-state index in [0.717, 1.165) is 33.8 Å². The summed E-state index contributed by atoms with van der Waals surface area (Å²) in [5, 5.41) is 0. The summed E-state index contributed by atoms with van der Waals surface area (Å²) in [6.07, 6.45) is 1.95. The Morgan fingerprint density at radius 1 is 0.930 bits per heavy atom. The van der Waals surface area contributed by atoms with Crippen LogP contribution in [0, 0.1) is 27.7 Å². The highest BCUT2D eigenvalue weighted by Gasteiger charge is 2.35. The van der Waals surface area contributed by atoms with E-state index in [-0.39, 0.29) is 12.2 Å². The van der Waals surface area contributed by atoms with E-state index < -0.39 is 12.0 Å². The van der Waals surface area contributed by atoms with Crippen LogP contribution in [0.1, 0.15) is 52.2 Å². The van der Waals surface area contributed by atoms with Crippen molar-refractivity contribution in [2.24, 2.45) is 4.99 Å². The zero-order valence-electron chi connectivity index (χ0n) is 24.9. The third-order valence-electron chi connectivity index (χ3n) is 7.99. The number of thiazole rings is 1. The second-order valence-electron chi connectivity index (χ2n) is 10.8. The van der Waals surface area contributed by atoms with Gasteiger partial charge in [0.05, 0.1) is 28.5 Å². The van der Waals surface area contributed by atoms with Crippen LogP contribution in [0.3, 0.4) is 0 Å². The van der Waals surface area contributed by atoms with Gasteiger partial charge in [-0.15, -0.1) is 0 Å². The topological polar surface area (TPSA) is 65.6 Å². The lowest BCUT2D eigenvalue weighted by Crippen LogP contribution is -2.40. The second-order valence-corrected chi connectivity index (χ2v) is 11.8. The summed E-state index contributed by atoms with van der Waals surface area (Å²) in [5.41, 5.74) is 8.95. The molecule has 0 saturated carbocycles. The van der Waals surface area contributed by atoms with E-state index in [2.05, 4.69) is 56.5 Å². The van der Waals surface area contributed by atoms with E-state index in [9.17, 15) is 9.59 Å². The first-order valence-corrected chi connectivity index (χ1v) is 15.2. The Balaban J connectivity index is 1.59. The minimum atomic E-state index is -0.683. The van der Waals surface area contributed by atoms with Gasteiger partial charge in [-0.2, -0.15) is 0 Å². The van der Waals surface area contributed by atoms with E-state index in [1.54, 1.807) is 11.5 Å².